The monoisotopic (exact) mass is 597 g/mol. The van der Waals surface area contributed by atoms with Gasteiger partial charge in [0, 0.05) is 27.8 Å². The fourth-order valence-electron chi connectivity index (χ4n) is 6.17. The van der Waals surface area contributed by atoms with Crippen LogP contribution in [0.1, 0.15) is 13.7 Å². The molecule has 0 atom stereocenters. The average molecular weight is 598 g/mol. The third-order valence-electron chi connectivity index (χ3n) is 8.35. The number of rotatable bonds is 5. The van der Waals surface area contributed by atoms with Gasteiger partial charge >= 0.3 is 0 Å². The van der Waals surface area contributed by atoms with Gasteiger partial charge < -0.3 is 9.32 Å². The second kappa shape index (κ2) is 10.8. The first kappa shape index (κ1) is 18.0. The molecule has 0 aliphatic carbocycles. The van der Waals surface area contributed by atoms with Crippen molar-refractivity contribution < 1.29 is 18.1 Å². The van der Waals surface area contributed by atoms with Gasteiger partial charge in [-0.2, -0.15) is 0 Å². The van der Waals surface area contributed by atoms with Crippen molar-refractivity contribution in [1.29, 1.82) is 0 Å². The van der Waals surface area contributed by atoms with Crippen molar-refractivity contribution in [2.75, 3.05) is 4.90 Å². The standard InChI is InChI=1S/C44H29NO/c1-2-11-35(12-3-1)45(37-25-19-32(20-26-37)39-15-8-10-31-9-4-5-13-38(31)39)36-23-17-30(18-24-36)33-21-27-40-34(29-33)22-28-43-44(40)41-14-6-7-16-42(41)46-43/h1-29H/i1D,2D,3D,6D,11D,12D,14D,22D,27D,28D. The summed E-state index contributed by atoms with van der Waals surface area (Å²) in [5, 5.41) is 3.58. The van der Waals surface area contributed by atoms with Gasteiger partial charge in [-0.1, -0.05) is 121 Å². The highest BCUT2D eigenvalue weighted by Gasteiger charge is 2.14. The van der Waals surface area contributed by atoms with Crippen LogP contribution in [0.15, 0.2) is 180 Å². The number of para-hydroxylation sites is 2. The largest absolute Gasteiger partial charge is 0.456 e. The third-order valence-corrected chi connectivity index (χ3v) is 8.35. The Bertz CT molecular complexity index is 3050. The quantitative estimate of drug-likeness (QED) is 0.196. The zero-order valence-electron chi connectivity index (χ0n) is 34.3. The number of hydrogen-bond acceptors (Lipinski definition) is 2. The zero-order chi connectivity index (χ0) is 39.2. The number of benzene rings is 8. The maximum atomic E-state index is 9.11. The molecule has 0 radical (unpaired) electrons. The van der Waals surface area contributed by atoms with Gasteiger partial charge in [0.15, 0.2) is 0 Å². The minimum Gasteiger partial charge on any atom is -0.456 e. The average Bonchev–Trinajstić information content (AvgIpc) is 3.61. The Morgan fingerprint density at radius 3 is 2.02 bits per heavy atom. The van der Waals surface area contributed by atoms with Crippen LogP contribution < -0.4 is 4.90 Å². The Morgan fingerprint density at radius 1 is 0.435 bits per heavy atom. The van der Waals surface area contributed by atoms with Crippen LogP contribution in [0.2, 0.25) is 0 Å². The van der Waals surface area contributed by atoms with Crippen LogP contribution in [-0.4, -0.2) is 0 Å². The first-order valence-electron chi connectivity index (χ1n) is 19.9. The molecule has 0 aliphatic rings. The number of anilines is 3. The van der Waals surface area contributed by atoms with Crippen LogP contribution in [0.4, 0.5) is 17.1 Å². The summed E-state index contributed by atoms with van der Waals surface area (Å²) in [5.74, 6) is 0. The van der Waals surface area contributed by atoms with E-state index >= 15 is 0 Å². The molecule has 46 heavy (non-hydrogen) atoms. The minimum atomic E-state index is -0.489. The van der Waals surface area contributed by atoms with Gasteiger partial charge in [-0.25, -0.2) is 0 Å². The van der Waals surface area contributed by atoms with Crippen molar-refractivity contribution in [3.63, 3.8) is 0 Å². The lowest BCUT2D eigenvalue weighted by Gasteiger charge is -2.26. The summed E-state index contributed by atoms with van der Waals surface area (Å²) in [7, 11) is 0. The minimum absolute atomic E-state index is 0.0106. The molecular weight excluding hydrogens is 558 g/mol. The molecule has 0 amide bonds. The topological polar surface area (TPSA) is 16.4 Å². The molecule has 2 nitrogen and oxygen atoms in total. The summed E-state index contributed by atoms with van der Waals surface area (Å²) in [6, 6.07) is 32.9. The van der Waals surface area contributed by atoms with Crippen LogP contribution in [-0.2, 0) is 0 Å². The molecule has 9 rings (SSSR count). The Hall–Kier alpha value is -6.12. The first-order chi connectivity index (χ1) is 26.9. The molecule has 0 unspecified atom stereocenters. The van der Waals surface area contributed by atoms with E-state index in [0.717, 1.165) is 21.9 Å². The van der Waals surface area contributed by atoms with Crippen molar-refractivity contribution in [1.82, 2.24) is 0 Å². The Morgan fingerprint density at radius 2 is 1.20 bits per heavy atom. The molecular formula is C44H29NO. The number of fused-ring (bicyclic) bond motifs is 6. The van der Waals surface area contributed by atoms with Gasteiger partial charge in [-0.3, -0.25) is 0 Å². The van der Waals surface area contributed by atoms with Crippen molar-refractivity contribution in [2.45, 2.75) is 0 Å². The highest BCUT2D eigenvalue weighted by molar-refractivity contribution is 6.19. The normalized spacial score (nSPS) is 14.5. The highest BCUT2D eigenvalue weighted by Crippen LogP contribution is 2.39. The molecule has 0 N–H and O–H groups in total. The van der Waals surface area contributed by atoms with Crippen LogP contribution in [0.5, 0.6) is 0 Å². The van der Waals surface area contributed by atoms with Gasteiger partial charge in [0.1, 0.15) is 11.2 Å². The van der Waals surface area contributed by atoms with Gasteiger partial charge in [-0.05, 0) is 98.3 Å². The van der Waals surface area contributed by atoms with Crippen molar-refractivity contribution in [2.24, 2.45) is 0 Å². The van der Waals surface area contributed by atoms with E-state index in [1.165, 1.54) is 6.07 Å². The van der Waals surface area contributed by atoms with E-state index in [4.69, 9.17) is 18.1 Å². The van der Waals surface area contributed by atoms with E-state index in [0.29, 0.717) is 49.6 Å². The Labute approximate surface area is 281 Å². The molecule has 0 saturated heterocycles. The van der Waals surface area contributed by atoms with Crippen molar-refractivity contribution in [3.05, 3.63) is 176 Å². The highest BCUT2D eigenvalue weighted by atomic mass is 16.3. The number of furan rings is 1. The molecule has 0 saturated carbocycles. The lowest BCUT2D eigenvalue weighted by Crippen LogP contribution is -2.09. The van der Waals surface area contributed by atoms with E-state index in [2.05, 4.69) is 18.2 Å². The van der Waals surface area contributed by atoms with E-state index in [9.17, 15) is 0 Å². The van der Waals surface area contributed by atoms with Crippen molar-refractivity contribution >= 4 is 60.5 Å². The molecule has 9 aromatic rings. The summed E-state index contributed by atoms with van der Waals surface area (Å²) < 4.78 is 92.3. The Balaban J connectivity index is 1.18. The molecule has 1 aromatic heterocycles. The molecule has 2 heteroatoms. The lowest BCUT2D eigenvalue weighted by atomic mass is 9.97. The molecule has 0 aliphatic heterocycles. The second-order valence-electron chi connectivity index (χ2n) is 11.0. The van der Waals surface area contributed by atoms with Crippen LogP contribution in [0.25, 0.3) is 65.7 Å². The molecule has 216 valence electrons. The molecule has 0 spiro atoms. The summed E-state index contributed by atoms with van der Waals surface area (Å²) in [4.78, 5) is 1.64. The molecule has 0 bridgehead atoms. The molecule has 1 heterocycles. The zero-order valence-corrected chi connectivity index (χ0v) is 24.3. The predicted molar refractivity (Wildman–Crippen MR) is 194 cm³/mol. The Kier molecular flexibility index (Phi) is 4.22. The van der Waals surface area contributed by atoms with E-state index < -0.39 is 18.1 Å². The summed E-state index contributed by atoms with van der Waals surface area (Å²) in [6.07, 6.45) is 0. The van der Waals surface area contributed by atoms with Crippen molar-refractivity contribution in [3.8, 4) is 22.3 Å². The fourth-order valence-corrected chi connectivity index (χ4v) is 6.17. The lowest BCUT2D eigenvalue weighted by molar-refractivity contribution is 0.669. The van der Waals surface area contributed by atoms with Gasteiger partial charge in [0.25, 0.3) is 0 Å². The van der Waals surface area contributed by atoms with Crippen LogP contribution in [0.3, 0.4) is 0 Å². The summed E-state index contributed by atoms with van der Waals surface area (Å²) >= 11 is 0. The number of hydrogen-bond donors (Lipinski definition) is 0. The number of nitrogens with zero attached hydrogens (tertiary/aromatic N) is 1. The van der Waals surface area contributed by atoms with E-state index in [-0.39, 0.29) is 53.6 Å². The summed E-state index contributed by atoms with van der Waals surface area (Å²) in [6.45, 7) is 0. The first-order valence-corrected chi connectivity index (χ1v) is 14.9. The van der Waals surface area contributed by atoms with Gasteiger partial charge in [0.05, 0.1) is 13.7 Å². The summed E-state index contributed by atoms with van der Waals surface area (Å²) in [5.41, 5.74) is 4.75. The maximum absolute atomic E-state index is 9.11. The second-order valence-corrected chi connectivity index (χ2v) is 11.0. The maximum Gasteiger partial charge on any atom is 0.136 e. The van der Waals surface area contributed by atoms with Gasteiger partial charge in [0.2, 0.25) is 0 Å². The van der Waals surface area contributed by atoms with Crippen LogP contribution in [0, 0.1) is 0 Å². The molecule has 0 fully saturated rings. The third kappa shape index (κ3) is 4.43. The van der Waals surface area contributed by atoms with Gasteiger partial charge in [-0.15, -0.1) is 0 Å². The molecule has 8 aromatic carbocycles. The smallest absolute Gasteiger partial charge is 0.136 e. The van der Waals surface area contributed by atoms with E-state index in [1.807, 2.05) is 48.5 Å². The van der Waals surface area contributed by atoms with Crippen LogP contribution >= 0.6 is 0 Å². The van der Waals surface area contributed by atoms with E-state index in [1.54, 1.807) is 47.4 Å². The predicted octanol–water partition coefficient (Wildman–Crippen LogP) is 12.7. The fraction of sp³-hybridized carbons (Fsp3) is 0. The SMILES string of the molecule is [2H]c1ccc2oc3c([2H])c([2H])c4cc(-c5ccc(N(c6ccc(-c7cccc8ccccc78)cc6)c6c([2H])c([2H])c([2H])c([2H])c6[2H])cc5)cc([2H])c4c3c2c1[2H].